The quantitative estimate of drug-likeness (QED) is 0.880. The standard InChI is InChI=1S/C16H17FN2O2/c1-19(10-11-5-3-4-6-15(11)21-2)16(20)12-7-13(17)9-14(18)8-12/h3-9H,10,18H2,1-2H3. The SMILES string of the molecule is COc1ccccc1CN(C)C(=O)c1cc(N)cc(F)c1. The number of nitrogen functional groups attached to an aromatic ring is 1. The molecule has 21 heavy (non-hydrogen) atoms. The molecular weight excluding hydrogens is 271 g/mol. The second kappa shape index (κ2) is 6.26. The van der Waals surface area contributed by atoms with E-state index in [9.17, 15) is 9.18 Å². The Hall–Kier alpha value is -2.56. The lowest BCUT2D eigenvalue weighted by Gasteiger charge is -2.19. The van der Waals surface area contributed by atoms with E-state index in [1.54, 1.807) is 14.2 Å². The molecule has 0 saturated heterocycles. The van der Waals surface area contributed by atoms with E-state index in [0.29, 0.717) is 12.3 Å². The van der Waals surface area contributed by atoms with Crippen LogP contribution in [0, 0.1) is 5.82 Å². The molecule has 0 aliphatic heterocycles. The molecule has 0 radical (unpaired) electrons. The number of nitrogens with zero attached hydrogens (tertiary/aromatic N) is 1. The number of methoxy groups -OCH3 is 1. The Morgan fingerprint density at radius 2 is 2.00 bits per heavy atom. The predicted molar refractivity (Wildman–Crippen MR) is 79.6 cm³/mol. The van der Waals surface area contributed by atoms with Crippen LogP contribution in [0.2, 0.25) is 0 Å². The summed E-state index contributed by atoms with van der Waals surface area (Å²) < 4.78 is 18.6. The highest BCUT2D eigenvalue weighted by atomic mass is 19.1. The Labute approximate surface area is 122 Å². The first-order valence-electron chi connectivity index (χ1n) is 6.44. The van der Waals surface area contributed by atoms with Gasteiger partial charge in [0.2, 0.25) is 0 Å². The van der Waals surface area contributed by atoms with E-state index in [4.69, 9.17) is 10.5 Å². The smallest absolute Gasteiger partial charge is 0.254 e. The molecule has 2 rings (SSSR count). The van der Waals surface area contributed by atoms with Gasteiger partial charge < -0.3 is 15.4 Å². The van der Waals surface area contributed by atoms with Crippen molar-refractivity contribution in [3.8, 4) is 5.75 Å². The number of halogens is 1. The largest absolute Gasteiger partial charge is 0.496 e. The van der Waals surface area contributed by atoms with Crippen LogP contribution < -0.4 is 10.5 Å². The van der Waals surface area contributed by atoms with Gasteiger partial charge >= 0.3 is 0 Å². The molecule has 0 bridgehead atoms. The van der Waals surface area contributed by atoms with Crippen LogP contribution >= 0.6 is 0 Å². The highest BCUT2D eigenvalue weighted by Crippen LogP contribution is 2.20. The molecule has 0 saturated carbocycles. The summed E-state index contributed by atoms with van der Waals surface area (Å²) in [7, 11) is 3.23. The summed E-state index contributed by atoms with van der Waals surface area (Å²) in [4.78, 5) is 13.8. The van der Waals surface area contributed by atoms with Crippen LogP contribution in [-0.4, -0.2) is 25.0 Å². The van der Waals surface area contributed by atoms with Gasteiger partial charge in [0, 0.05) is 30.4 Å². The van der Waals surface area contributed by atoms with Gasteiger partial charge in [0.05, 0.1) is 7.11 Å². The third-order valence-electron chi connectivity index (χ3n) is 3.11. The minimum Gasteiger partial charge on any atom is -0.496 e. The minimum atomic E-state index is -0.524. The third-order valence-corrected chi connectivity index (χ3v) is 3.11. The first-order valence-corrected chi connectivity index (χ1v) is 6.44. The van der Waals surface area contributed by atoms with Crippen molar-refractivity contribution in [2.45, 2.75) is 6.54 Å². The number of hydrogen-bond acceptors (Lipinski definition) is 3. The van der Waals surface area contributed by atoms with Crippen molar-refractivity contribution in [2.75, 3.05) is 19.9 Å². The average molecular weight is 288 g/mol. The summed E-state index contributed by atoms with van der Waals surface area (Å²) in [6.45, 7) is 0.360. The summed E-state index contributed by atoms with van der Waals surface area (Å²) >= 11 is 0. The zero-order valence-electron chi connectivity index (χ0n) is 12.0. The number of benzene rings is 2. The second-order valence-corrected chi connectivity index (χ2v) is 4.75. The maximum absolute atomic E-state index is 13.3. The Balaban J connectivity index is 2.19. The lowest BCUT2D eigenvalue weighted by atomic mass is 10.1. The lowest BCUT2D eigenvalue weighted by molar-refractivity contribution is 0.0784. The highest BCUT2D eigenvalue weighted by Gasteiger charge is 2.15. The Morgan fingerprint density at radius 3 is 2.67 bits per heavy atom. The van der Waals surface area contributed by atoms with Gasteiger partial charge in [-0.3, -0.25) is 4.79 Å². The maximum Gasteiger partial charge on any atom is 0.254 e. The molecule has 0 aliphatic carbocycles. The molecule has 4 nitrogen and oxygen atoms in total. The van der Waals surface area contributed by atoms with Gasteiger partial charge in [-0.15, -0.1) is 0 Å². The summed E-state index contributed by atoms with van der Waals surface area (Å²) in [6, 6.07) is 11.3. The zero-order chi connectivity index (χ0) is 15.4. The van der Waals surface area contributed by atoms with Crippen molar-refractivity contribution in [3.05, 3.63) is 59.4 Å². The van der Waals surface area contributed by atoms with Gasteiger partial charge in [0.1, 0.15) is 11.6 Å². The summed E-state index contributed by atoms with van der Waals surface area (Å²) in [6.07, 6.45) is 0. The first-order chi connectivity index (χ1) is 10.0. The molecule has 2 N–H and O–H groups in total. The van der Waals surface area contributed by atoms with E-state index in [1.807, 2.05) is 24.3 Å². The van der Waals surface area contributed by atoms with Crippen molar-refractivity contribution in [1.29, 1.82) is 0 Å². The van der Waals surface area contributed by atoms with Crippen molar-refractivity contribution in [1.82, 2.24) is 4.90 Å². The second-order valence-electron chi connectivity index (χ2n) is 4.75. The fourth-order valence-corrected chi connectivity index (χ4v) is 2.12. The van der Waals surface area contributed by atoms with Gasteiger partial charge in [-0.25, -0.2) is 4.39 Å². The van der Waals surface area contributed by atoms with Crippen molar-refractivity contribution in [3.63, 3.8) is 0 Å². The molecule has 0 aliphatic rings. The summed E-state index contributed by atoms with van der Waals surface area (Å²) in [5, 5.41) is 0. The summed E-state index contributed by atoms with van der Waals surface area (Å²) in [5.41, 5.74) is 6.89. The van der Waals surface area contributed by atoms with Crippen molar-refractivity contribution in [2.24, 2.45) is 0 Å². The van der Waals surface area contributed by atoms with Crippen molar-refractivity contribution < 1.29 is 13.9 Å². The maximum atomic E-state index is 13.3. The van der Waals surface area contributed by atoms with E-state index in [-0.39, 0.29) is 17.2 Å². The van der Waals surface area contributed by atoms with Crippen molar-refractivity contribution >= 4 is 11.6 Å². The molecule has 1 amide bonds. The Kier molecular flexibility index (Phi) is 4.42. The van der Waals surface area contributed by atoms with Crippen LogP contribution in [0.25, 0.3) is 0 Å². The van der Waals surface area contributed by atoms with E-state index in [0.717, 1.165) is 5.56 Å². The van der Waals surface area contributed by atoms with Gasteiger partial charge in [-0.1, -0.05) is 18.2 Å². The highest BCUT2D eigenvalue weighted by molar-refractivity contribution is 5.94. The number of para-hydroxylation sites is 1. The van der Waals surface area contributed by atoms with Crippen LogP contribution in [-0.2, 0) is 6.54 Å². The lowest BCUT2D eigenvalue weighted by Crippen LogP contribution is -2.26. The van der Waals surface area contributed by atoms with Gasteiger partial charge in [-0.05, 0) is 24.3 Å². The topological polar surface area (TPSA) is 55.6 Å². The monoisotopic (exact) mass is 288 g/mol. The number of hydrogen-bond donors (Lipinski definition) is 1. The van der Waals surface area contributed by atoms with E-state index in [1.165, 1.54) is 23.1 Å². The Bertz CT molecular complexity index is 638. The number of ether oxygens (including phenoxy) is 1. The molecule has 0 unspecified atom stereocenters. The third kappa shape index (κ3) is 3.51. The molecular formula is C16H17FN2O2. The molecule has 2 aromatic carbocycles. The molecule has 0 heterocycles. The predicted octanol–water partition coefficient (Wildman–Crippen LogP) is 2.69. The van der Waals surface area contributed by atoms with Crippen LogP contribution in [0.15, 0.2) is 42.5 Å². The van der Waals surface area contributed by atoms with E-state index < -0.39 is 5.82 Å². The normalized spacial score (nSPS) is 10.2. The number of carbonyl (C=O) groups is 1. The number of anilines is 1. The number of amides is 1. The average Bonchev–Trinajstić information content (AvgIpc) is 2.46. The number of nitrogens with two attached hydrogens (primary N) is 1. The van der Waals surface area contributed by atoms with Gasteiger partial charge in [0.25, 0.3) is 5.91 Å². The Morgan fingerprint density at radius 1 is 1.29 bits per heavy atom. The number of rotatable bonds is 4. The van der Waals surface area contributed by atoms with Crippen LogP contribution in [0.4, 0.5) is 10.1 Å². The van der Waals surface area contributed by atoms with Gasteiger partial charge in [0.15, 0.2) is 0 Å². The summed E-state index contributed by atoms with van der Waals surface area (Å²) in [5.74, 6) is -0.118. The molecule has 0 spiro atoms. The molecule has 110 valence electrons. The van der Waals surface area contributed by atoms with E-state index >= 15 is 0 Å². The molecule has 0 fully saturated rings. The molecule has 5 heteroatoms. The molecule has 0 aromatic heterocycles. The first kappa shape index (κ1) is 14.8. The van der Waals surface area contributed by atoms with Gasteiger partial charge in [-0.2, -0.15) is 0 Å². The van der Waals surface area contributed by atoms with Crippen LogP contribution in [0.5, 0.6) is 5.75 Å². The molecule has 0 atom stereocenters. The fourth-order valence-electron chi connectivity index (χ4n) is 2.12. The minimum absolute atomic E-state index is 0.226. The zero-order valence-corrected chi connectivity index (χ0v) is 12.0. The fraction of sp³-hybridized carbons (Fsp3) is 0.188. The number of carbonyl (C=O) groups excluding carboxylic acids is 1. The van der Waals surface area contributed by atoms with Crippen LogP contribution in [0.1, 0.15) is 15.9 Å². The van der Waals surface area contributed by atoms with Crippen LogP contribution in [0.3, 0.4) is 0 Å². The van der Waals surface area contributed by atoms with E-state index in [2.05, 4.69) is 0 Å². The molecule has 2 aromatic rings.